The van der Waals surface area contributed by atoms with Crippen LogP contribution in [0, 0.1) is 0 Å². The lowest BCUT2D eigenvalue weighted by molar-refractivity contribution is 0.390. The van der Waals surface area contributed by atoms with Gasteiger partial charge >= 0.3 is 0 Å². The molecule has 0 bridgehead atoms. The summed E-state index contributed by atoms with van der Waals surface area (Å²) in [5, 5.41) is -0.376. The van der Waals surface area contributed by atoms with E-state index >= 15 is 0 Å². The first kappa shape index (κ1) is 14.7. The van der Waals surface area contributed by atoms with Crippen molar-refractivity contribution in [1.82, 2.24) is 4.90 Å². The molecule has 0 aliphatic heterocycles. The second-order valence-electron chi connectivity index (χ2n) is 4.37. The first-order valence-corrected chi connectivity index (χ1v) is 8.12. The third kappa shape index (κ3) is 3.79. The van der Waals surface area contributed by atoms with Gasteiger partial charge in [-0.3, -0.25) is 4.90 Å². The number of rotatable bonds is 5. The van der Waals surface area contributed by atoms with E-state index in [1.807, 2.05) is 19.2 Å². The Kier molecular flexibility index (Phi) is 5.16. The van der Waals surface area contributed by atoms with Gasteiger partial charge in [0.25, 0.3) is 0 Å². The summed E-state index contributed by atoms with van der Waals surface area (Å²) >= 11 is 3.37. The van der Waals surface area contributed by atoms with Gasteiger partial charge < -0.3 is 0 Å². The Morgan fingerprint density at radius 3 is 2.18 bits per heavy atom. The van der Waals surface area contributed by atoms with Crippen LogP contribution >= 0.6 is 15.9 Å². The summed E-state index contributed by atoms with van der Waals surface area (Å²) < 4.78 is 23.8. The molecule has 96 valence electrons. The summed E-state index contributed by atoms with van der Waals surface area (Å²) in [6.07, 6.45) is 0. The maximum absolute atomic E-state index is 11.9. The molecule has 0 saturated heterocycles. The van der Waals surface area contributed by atoms with Crippen LogP contribution in [0.3, 0.4) is 0 Å². The van der Waals surface area contributed by atoms with Crippen LogP contribution in [0.5, 0.6) is 0 Å². The molecule has 1 rings (SSSR count). The van der Waals surface area contributed by atoms with Gasteiger partial charge in [-0.05, 0) is 38.6 Å². The Bertz CT molecular complexity index is 454. The monoisotopic (exact) mass is 319 g/mol. The fourth-order valence-electron chi connectivity index (χ4n) is 1.41. The normalized spacial score (nSPS) is 12.4. The average molecular weight is 320 g/mol. The van der Waals surface area contributed by atoms with Crippen molar-refractivity contribution in [2.45, 2.75) is 30.5 Å². The largest absolute Gasteiger partial charge is 0.292 e. The Balaban J connectivity index is 2.89. The van der Waals surface area contributed by atoms with E-state index in [-0.39, 0.29) is 5.25 Å². The molecule has 0 fully saturated rings. The maximum atomic E-state index is 11.9. The predicted octanol–water partition coefficient (Wildman–Crippen LogP) is 2.65. The number of hydrogen-bond acceptors (Lipinski definition) is 3. The maximum Gasteiger partial charge on any atom is 0.180 e. The summed E-state index contributed by atoms with van der Waals surface area (Å²) in [6, 6.07) is 7.11. The molecular weight excluding hydrogens is 302 g/mol. The van der Waals surface area contributed by atoms with Gasteiger partial charge in [0.15, 0.2) is 9.84 Å². The SMILES string of the molecule is CC(C)S(=O)(=O)c1ccc(CN(C)CBr)cc1. The van der Waals surface area contributed by atoms with E-state index < -0.39 is 9.84 Å². The number of benzene rings is 1. The molecule has 3 nitrogen and oxygen atoms in total. The molecule has 0 N–H and O–H groups in total. The first-order valence-electron chi connectivity index (χ1n) is 5.45. The van der Waals surface area contributed by atoms with Gasteiger partial charge in [-0.1, -0.05) is 28.1 Å². The molecule has 5 heteroatoms. The molecule has 0 spiro atoms. The highest BCUT2D eigenvalue weighted by Gasteiger charge is 2.18. The Morgan fingerprint density at radius 2 is 1.76 bits per heavy atom. The molecule has 0 saturated carbocycles. The van der Waals surface area contributed by atoms with Crippen molar-refractivity contribution >= 4 is 25.8 Å². The highest BCUT2D eigenvalue weighted by atomic mass is 79.9. The van der Waals surface area contributed by atoms with Crippen LogP contribution in [-0.2, 0) is 16.4 Å². The van der Waals surface area contributed by atoms with Crippen molar-refractivity contribution in [3.8, 4) is 0 Å². The zero-order chi connectivity index (χ0) is 13.1. The third-order valence-corrected chi connectivity index (χ3v) is 5.56. The molecule has 17 heavy (non-hydrogen) atoms. The molecule has 0 heterocycles. The van der Waals surface area contributed by atoms with E-state index in [0.29, 0.717) is 4.90 Å². The predicted molar refractivity (Wildman–Crippen MR) is 74.0 cm³/mol. The van der Waals surface area contributed by atoms with Gasteiger partial charge in [0.05, 0.1) is 15.6 Å². The Morgan fingerprint density at radius 1 is 1.24 bits per heavy atom. The van der Waals surface area contributed by atoms with Crippen molar-refractivity contribution in [3.63, 3.8) is 0 Å². The van der Waals surface area contributed by atoms with Crippen LogP contribution in [-0.4, -0.2) is 31.1 Å². The molecule has 1 aromatic rings. The van der Waals surface area contributed by atoms with Gasteiger partial charge in [0.2, 0.25) is 0 Å². The van der Waals surface area contributed by atoms with Crippen molar-refractivity contribution < 1.29 is 8.42 Å². The number of hydrogen-bond donors (Lipinski definition) is 0. The lowest BCUT2D eigenvalue weighted by atomic mass is 10.2. The highest BCUT2D eigenvalue weighted by Crippen LogP contribution is 2.17. The fourth-order valence-corrected chi connectivity index (χ4v) is 2.65. The van der Waals surface area contributed by atoms with E-state index in [0.717, 1.165) is 17.6 Å². The average Bonchev–Trinajstić information content (AvgIpc) is 2.29. The van der Waals surface area contributed by atoms with Crippen LogP contribution in [0.25, 0.3) is 0 Å². The van der Waals surface area contributed by atoms with Gasteiger partial charge in [-0.15, -0.1) is 0 Å². The molecule has 0 radical (unpaired) electrons. The molecule has 0 aliphatic rings. The van der Waals surface area contributed by atoms with Gasteiger partial charge in [-0.25, -0.2) is 8.42 Å². The topological polar surface area (TPSA) is 37.4 Å². The van der Waals surface area contributed by atoms with Crippen LogP contribution in [0.4, 0.5) is 0 Å². The summed E-state index contributed by atoms with van der Waals surface area (Å²) in [5.74, 6) is 0. The minimum Gasteiger partial charge on any atom is -0.292 e. The van der Waals surface area contributed by atoms with E-state index in [9.17, 15) is 8.42 Å². The Labute approximate surface area is 112 Å². The fraction of sp³-hybridized carbons (Fsp3) is 0.500. The standard InChI is InChI=1S/C12H18BrNO2S/c1-10(2)17(15,16)12-6-4-11(5-7-12)8-14(3)9-13/h4-7,10H,8-9H2,1-3H3. The minimum atomic E-state index is -3.15. The number of halogens is 1. The molecular formula is C12H18BrNO2S. The minimum absolute atomic E-state index is 0.376. The third-order valence-electron chi connectivity index (χ3n) is 2.53. The molecule has 0 aliphatic carbocycles. The second kappa shape index (κ2) is 5.98. The number of nitrogens with zero attached hydrogens (tertiary/aromatic N) is 1. The van der Waals surface area contributed by atoms with E-state index in [1.165, 1.54) is 0 Å². The first-order chi connectivity index (χ1) is 7.87. The summed E-state index contributed by atoms with van der Waals surface area (Å²) in [7, 11) is -1.16. The van der Waals surface area contributed by atoms with Crippen LogP contribution in [0.15, 0.2) is 29.2 Å². The van der Waals surface area contributed by atoms with Crippen molar-refractivity contribution in [1.29, 1.82) is 0 Å². The van der Waals surface area contributed by atoms with Gasteiger partial charge in [0.1, 0.15) is 0 Å². The van der Waals surface area contributed by atoms with Crippen LogP contribution in [0.1, 0.15) is 19.4 Å². The Hall–Kier alpha value is -0.390. The molecule has 1 aromatic carbocycles. The molecule has 0 aromatic heterocycles. The lowest BCUT2D eigenvalue weighted by Gasteiger charge is -2.13. The summed E-state index contributed by atoms with van der Waals surface area (Å²) in [4.78, 5) is 2.49. The van der Waals surface area contributed by atoms with Gasteiger partial charge in [0, 0.05) is 6.54 Å². The smallest absolute Gasteiger partial charge is 0.180 e. The van der Waals surface area contributed by atoms with Gasteiger partial charge in [-0.2, -0.15) is 0 Å². The lowest BCUT2D eigenvalue weighted by Crippen LogP contribution is -2.16. The van der Waals surface area contributed by atoms with Crippen LogP contribution in [0.2, 0.25) is 0 Å². The number of sulfone groups is 1. The molecule has 0 amide bonds. The summed E-state index contributed by atoms with van der Waals surface area (Å²) in [6.45, 7) is 4.19. The zero-order valence-electron chi connectivity index (χ0n) is 10.4. The number of alkyl halides is 1. The van der Waals surface area contributed by atoms with E-state index in [2.05, 4.69) is 20.8 Å². The zero-order valence-corrected chi connectivity index (χ0v) is 12.8. The van der Waals surface area contributed by atoms with Crippen LogP contribution < -0.4 is 0 Å². The van der Waals surface area contributed by atoms with E-state index in [4.69, 9.17) is 0 Å². The molecule has 0 atom stereocenters. The molecule has 0 unspecified atom stereocenters. The quantitative estimate of drug-likeness (QED) is 0.618. The van der Waals surface area contributed by atoms with E-state index in [1.54, 1.807) is 26.0 Å². The summed E-state index contributed by atoms with van der Waals surface area (Å²) in [5.41, 5.74) is 1.90. The van der Waals surface area contributed by atoms with Crippen molar-refractivity contribution in [2.24, 2.45) is 0 Å². The van der Waals surface area contributed by atoms with Crippen molar-refractivity contribution in [2.75, 3.05) is 12.5 Å². The highest BCUT2D eigenvalue weighted by molar-refractivity contribution is 9.09. The second-order valence-corrected chi connectivity index (χ2v) is 7.38. The van der Waals surface area contributed by atoms with Crippen molar-refractivity contribution in [3.05, 3.63) is 29.8 Å².